The fourth-order valence-electron chi connectivity index (χ4n) is 4.06. The van der Waals surface area contributed by atoms with Crippen LogP contribution in [0.3, 0.4) is 0 Å². The van der Waals surface area contributed by atoms with Crippen LogP contribution in [0.5, 0.6) is 0 Å². The number of benzene rings is 2. The van der Waals surface area contributed by atoms with E-state index in [1.807, 2.05) is 0 Å². The van der Waals surface area contributed by atoms with E-state index in [9.17, 15) is 19.0 Å². The fourth-order valence-corrected chi connectivity index (χ4v) is 4.06. The van der Waals surface area contributed by atoms with Crippen molar-refractivity contribution < 1.29 is 27.8 Å². The van der Waals surface area contributed by atoms with Gasteiger partial charge in [0.05, 0.1) is 11.2 Å². The van der Waals surface area contributed by atoms with Crippen LogP contribution in [0.4, 0.5) is 17.6 Å². The van der Waals surface area contributed by atoms with Crippen LogP contribution in [0.25, 0.3) is 0 Å². The summed E-state index contributed by atoms with van der Waals surface area (Å²) in [6, 6.07) is 6.65. The van der Waals surface area contributed by atoms with Gasteiger partial charge in [-0.15, -0.1) is 0 Å². The Hall–Kier alpha value is -2.44. The first-order chi connectivity index (χ1) is 13.9. The van der Waals surface area contributed by atoms with Gasteiger partial charge in [-0.1, -0.05) is 36.4 Å². The van der Waals surface area contributed by atoms with E-state index >= 15 is 8.78 Å². The second-order valence-electron chi connectivity index (χ2n) is 8.50. The van der Waals surface area contributed by atoms with E-state index in [1.54, 1.807) is 0 Å². The molecule has 2 nitrogen and oxygen atoms in total. The van der Waals surface area contributed by atoms with Gasteiger partial charge in [-0.25, -0.2) is 17.6 Å². The lowest BCUT2D eigenvalue weighted by molar-refractivity contribution is -0.132. The van der Waals surface area contributed by atoms with E-state index in [-0.39, 0.29) is 5.56 Å². The average molecular weight is 420 g/mol. The van der Waals surface area contributed by atoms with Crippen LogP contribution in [0.2, 0.25) is 0 Å². The van der Waals surface area contributed by atoms with Gasteiger partial charge < -0.3 is 10.2 Å². The monoisotopic (exact) mass is 420 g/mol. The summed E-state index contributed by atoms with van der Waals surface area (Å²) in [5.74, 6) is -4.75. The highest BCUT2D eigenvalue weighted by atomic mass is 19.1. The number of hydrogen-bond acceptors (Lipinski definition) is 2. The maximum Gasteiger partial charge on any atom is 0.130 e. The zero-order chi connectivity index (χ0) is 22.3. The Morgan fingerprint density at radius 2 is 1.33 bits per heavy atom. The summed E-state index contributed by atoms with van der Waals surface area (Å²) in [6.45, 7) is 4.05. The highest BCUT2D eigenvalue weighted by Crippen LogP contribution is 2.52. The quantitative estimate of drug-likeness (QED) is 0.645. The van der Waals surface area contributed by atoms with E-state index in [0.29, 0.717) is 0 Å². The Balaban J connectivity index is 2.36. The van der Waals surface area contributed by atoms with Gasteiger partial charge in [-0.05, 0) is 51.5 Å². The molecule has 0 saturated heterocycles. The van der Waals surface area contributed by atoms with Crippen molar-refractivity contribution in [3.05, 3.63) is 95.1 Å². The number of allylic oxidation sites excluding steroid dienone is 4. The fraction of sp³-hybridized carbons (Fsp3) is 0.333. The molecular formula is C24H24F4O2. The predicted molar refractivity (Wildman–Crippen MR) is 107 cm³/mol. The van der Waals surface area contributed by atoms with Gasteiger partial charge >= 0.3 is 0 Å². The summed E-state index contributed by atoms with van der Waals surface area (Å²) in [4.78, 5) is 0. The molecule has 6 heteroatoms. The van der Waals surface area contributed by atoms with Gasteiger partial charge in [0.2, 0.25) is 0 Å². The number of hydrogen-bond donors (Lipinski definition) is 2. The Morgan fingerprint density at radius 3 is 1.83 bits per heavy atom. The molecule has 0 heterocycles. The van der Waals surface area contributed by atoms with Crippen molar-refractivity contribution in [1.82, 2.24) is 0 Å². The third-order valence-corrected chi connectivity index (χ3v) is 6.06. The molecule has 3 atom stereocenters. The molecule has 0 saturated carbocycles. The third-order valence-electron chi connectivity index (χ3n) is 6.06. The third kappa shape index (κ3) is 3.70. The summed E-state index contributed by atoms with van der Waals surface area (Å²) >= 11 is 0. The smallest absolute Gasteiger partial charge is 0.130 e. The zero-order valence-corrected chi connectivity index (χ0v) is 17.0. The van der Waals surface area contributed by atoms with Crippen molar-refractivity contribution >= 4 is 0 Å². The molecule has 2 aromatic rings. The first-order valence-electron chi connectivity index (χ1n) is 9.60. The lowest BCUT2D eigenvalue weighted by Crippen LogP contribution is -2.53. The Labute approximate surface area is 173 Å². The van der Waals surface area contributed by atoms with Crippen LogP contribution in [0.1, 0.15) is 44.2 Å². The Bertz CT molecular complexity index is 964. The standard InChI is InChI=1S/C24H24F4O2/c1-22(2,29)23(3,30)14-24(21-18(27)11-7-12-19(21)28)13-5-4-8-15(24)20-16(25)9-6-10-17(20)26/h4-13,15,29-30H,14H2,1-3H3. The molecule has 0 bridgehead atoms. The topological polar surface area (TPSA) is 40.5 Å². The van der Waals surface area contributed by atoms with Gasteiger partial charge in [0.1, 0.15) is 23.3 Å². The average Bonchev–Trinajstić information content (AvgIpc) is 2.61. The van der Waals surface area contributed by atoms with Crippen LogP contribution >= 0.6 is 0 Å². The second kappa shape index (κ2) is 7.67. The molecule has 160 valence electrons. The summed E-state index contributed by atoms with van der Waals surface area (Å²) in [7, 11) is 0. The van der Waals surface area contributed by atoms with Crippen molar-refractivity contribution in [3.63, 3.8) is 0 Å². The van der Waals surface area contributed by atoms with Crippen molar-refractivity contribution in [1.29, 1.82) is 0 Å². The van der Waals surface area contributed by atoms with Crippen LogP contribution in [-0.2, 0) is 5.41 Å². The molecule has 2 N–H and O–H groups in total. The predicted octanol–water partition coefficient (Wildman–Crippen LogP) is 5.30. The van der Waals surface area contributed by atoms with Crippen molar-refractivity contribution in [2.24, 2.45) is 0 Å². The minimum absolute atomic E-state index is 0.368. The van der Waals surface area contributed by atoms with Gasteiger partial charge in [0.25, 0.3) is 0 Å². The molecule has 0 spiro atoms. The molecule has 0 aromatic heterocycles. The van der Waals surface area contributed by atoms with Gasteiger partial charge in [-0.2, -0.15) is 0 Å². The summed E-state index contributed by atoms with van der Waals surface area (Å²) < 4.78 is 59.6. The molecule has 1 aliphatic rings. The maximum atomic E-state index is 15.0. The maximum absolute atomic E-state index is 15.0. The van der Waals surface area contributed by atoms with E-state index < -0.39 is 57.8 Å². The Kier molecular flexibility index (Phi) is 5.69. The largest absolute Gasteiger partial charge is 0.387 e. The van der Waals surface area contributed by atoms with E-state index in [2.05, 4.69) is 0 Å². The van der Waals surface area contributed by atoms with E-state index in [4.69, 9.17) is 0 Å². The molecule has 3 rings (SSSR count). The molecule has 30 heavy (non-hydrogen) atoms. The summed E-state index contributed by atoms with van der Waals surface area (Å²) in [5.41, 5.74) is -6.04. The molecule has 0 amide bonds. The zero-order valence-electron chi connectivity index (χ0n) is 17.0. The van der Waals surface area contributed by atoms with Gasteiger partial charge in [-0.3, -0.25) is 0 Å². The van der Waals surface area contributed by atoms with Crippen molar-refractivity contribution in [3.8, 4) is 0 Å². The van der Waals surface area contributed by atoms with Crippen molar-refractivity contribution in [2.75, 3.05) is 0 Å². The Morgan fingerprint density at radius 1 is 0.833 bits per heavy atom. The minimum Gasteiger partial charge on any atom is -0.387 e. The SMILES string of the molecule is CC(C)(O)C(C)(O)CC1(c2c(F)cccc2F)C=CC=CC1c1c(F)cccc1F. The van der Waals surface area contributed by atoms with Crippen molar-refractivity contribution in [2.45, 2.75) is 49.7 Å². The first-order valence-corrected chi connectivity index (χ1v) is 9.60. The minimum atomic E-state index is -1.86. The van der Waals surface area contributed by atoms with E-state index in [1.165, 1.54) is 57.2 Å². The van der Waals surface area contributed by atoms with Crippen LogP contribution < -0.4 is 0 Å². The van der Waals surface area contributed by atoms with Gasteiger partial charge in [0, 0.05) is 22.5 Å². The molecular weight excluding hydrogens is 396 g/mol. The lowest BCUT2D eigenvalue weighted by Gasteiger charge is -2.47. The molecule has 0 radical (unpaired) electrons. The highest BCUT2D eigenvalue weighted by molar-refractivity contribution is 5.47. The van der Waals surface area contributed by atoms with Crippen LogP contribution in [0, 0.1) is 23.3 Å². The molecule has 0 aliphatic heterocycles. The highest BCUT2D eigenvalue weighted by Gasteiger charge is 2.51. The molecule has 2 aromatic carbocycles. The molecule has 0 fully saturated rings. The lowest BCUT2D eigenvalue weighted by atomic mass is 9.59. The molecule has 1 aliphatic carbocycles. The normalized spacial score (nSPS) is 23.4. The van der Waals surface area contributed by atoms with Crippen LogP contribution in [0.15, 0.2) is 60.7 Å². The summed E-state index contributed by atoms with van der Waals surface area (Å²) in [6.07, 6.45) is 5.54. The number of rotatable bonds is 5. The number of halogens is 4. The van der Waals surface area contributed by atoms with Gasteiger partial charge in [0.15, 0.2) is 0 Å². The second-order valence-corrected chi connectivity index (χ2v) is 8.50. The first kappa shape index (κ1) is 22.2. The number of aliphatic hydroxyl groups is 2. The van der Waals surface area contributed by atoms with E-state index in [0.717, 1.165) is 24.3 Å². The molecule has 3 unspecified atom stereocenters. The van der Waals surface area contributed by atoms with Crippen LogP contribution in [-0.4, -0.2) is 21.4 Å². The summed E-state index contributed by atoms with van der Waals surface area (Å²) in [5, 5.41) is 21.6.